The van der Waals surface area contributed by atoms with E-state index in [4.69, 9.17) is 11.6 Å². The average molecular weight is 357 g/mol. The van der Waals surface area contributed by atoms with Crippen LogP contribution in [0.1, 0.15) is 23.2 Å². The van der Waals surface area contributed by atoms with Gasteiger partial charge in [-0.25, -0.2) is 0 Å². The highest BCUT2D eigenvalue weighted by atomic mass is 79.9. The Balaban J connectivity index is 2.21. The normalized spacial score (nSPS) is 15.4. The fourth-order valence-electron chi connectivity index (χ4n) is 1.74. The lowest BCUT2D eigenvalue weighted by Crippen LogP contribution is -2.40. The molecule has 0 bridgehead atoms. The van der Waals surface area contributed by atoms with E-state index in [1.807, 2.05) is 0 Å². The topological polar surface area (TPSA) is 20.3 Å². The molecular formula is C12H10BrClF3NO. The summed E-state index contributed by atoms with van der Waals surface area (Å²) in [7, 11) is 0. The van der Waals surface area contributed by atoms with Crippen molar-refractivity contribution in [3.05, 3.63) is 33.3 Å². The molecule has 1 fully saturated rings. The molecule has 7 heteroatoms. The lowest BCUT2D eigenvalue weighted by Gasteiger charge is -2.24. The van der Waals surface area contributed by atoms with Crippen molar-refractivity contribution in [3.8, 4) is 0 Å². The smallest absolute Gasteiger partial charge is 0.327 e. The first-order valence-corrected chi connectivity index (χ1v) is 6.78. The molecule has 1 aliphatic rings. The Morgan fingerprint density at radius 3 is 2.53 bits per heavy atom. The van der Waals surface area contributed by atoms with Crippen molar-refractivity contribution in [3.63, 3.8) is 0 Å². The van der Waals surface area contributed by atoms with E-state index in [-0.39, 0.29) is 11.6 Å². The highest BCUT2D eigenvalue weighted by Gasteiger charge is 2.40. The molecule has 1 aromatic rings. The zero-order valence-corrected chi connectivity index (χ0v) is 12.0. The first-order valence-electron chi connectivity index (χ1n) is 5.61. The van der Waals surface area contributed by atoms with Crippen LogP contribution in [-0.2, 0) is 0 Å². The van der Waals surface area contributed by atoms with Gasteiger partial charge >= 0.3 is 6.18 Å². The second-order valence-electron chi connectivity index (χ2n) is 4.41. The number of alkyl halides is 3. The van der Waals surface area contributed by atoms with E-state index in [9.17, 15) is 18.0 Å². The largest absolute Gasteiger partial charge is 0.406 e. The van der Waals surface area contributed by atoms with Crippen molar-refractivity contribution >= 4 is 33.4 Å². The lowest BCUT2D eigenvalue weighted by atomic mass is 10.2. The molecule has 0 radical (unpaired) electrons. The molecule has 0 heterocycles. The van der Waals surface area contributed by atoms with Gasteiger partial charge < -0.3 is 4.90 Å². The molecule has 1 saturated carbocycles. The van der Waals surface area contributed by atoms with Crippen LogP contribution in [0.4, 0.5) is 13.2 Å². The summed E-state index contributed by atoms with van der Waals surface area (Å²) in [5, 5.41) is 0.408. The minimum atomic E-state index is -4.39. The molecule has 0 aromatic heterocycles. The van der Waals surface area contributed by atoms with E-state index < -0.39 is 18.6 Å². The maximum Gasteiger partial charge on any atom is 0.406 e. The molecule has 0 unspecified atom stereocenters. The molecule has 1 amide bonds. The van der Waals surface area contributed by atoms with E-state index in [2.05, 4.69) is 15.9 Å². The quantitative estimate of drug-likeness (QED) is 0.792. The number of amides is 1. The summed E-state index contributed by atoms with van der Waals surface area (Å²) in [4.78, 5) is 13.0. The van der Waals surface area contributed by atoms with Crippen molar-refractivity contribution in [2.24, 2.45) is 0 Å². The van der Waals surface area contributed by atoms with E-state index in [0.29, 0.717) is 22.3 Å². The fourth-order valence-corrected chi connectivity index (χ4v) is 2.24. The summed E-state index contributed by atoms with van der Waals surface area (Å²) in [6.45, 7) is -1.21. The molecule has 2 rings (SSSR count). The Bertz CT molecular complexity index is 502. The highest BCUT2D eigenvalue weighted by molar-refractivity contribution is 9.10. The summed E-state index contributed by atoms with van der Waals surface area (Å²) < 4.78 is 38.0. The summed E-state index contributed by atoms with van der Waals surface area (Å²) in [5.41, 5.74) is 0.201. The summed E-state index contributed by atoms with van der Waals surface area (Å²) in [6, 6.07) is 4.05. The highest BCUT2D eigenvalue weighted by Crippen LogP contribution is 2.32. The molecule has 0 N–H and O–H groups in total. The van der Waals surface area contributed by atoms with Crippen LogP contribution in [0.25, 0.3) is 0 Å². The Hall–Kier alpha value is -0.750. The minimum Gasteiger partial charge on any atom is -0.327 e. The number of carbonyl (C=O) groups is 1. The zero-order valence-electron chi connectivity index (χ0n) is 9.68. The van der Waals surface area contributed by atoms with E-state index in [0.717, 1.165) is 4.90 Å². The van der Waals surface area contributed by atoms with Crippen LogP contribution in [0.15, 0.2) is 22.7 Å². The van der Waals surface area contributed by atoms with E-state index in [1.165, 1.54) is 18.2 Å². The zero-order chi connectivity index (χ0) is 14.2. The monoisotopic (exact) mass is 355 g/mol. The predicted octanol–water partition coefficient (Wildman–Crippen LogP) is 4.27. The third-order valence-corrected chi connectivity index (χ3v) is 3.98. The van der Waals surface area contributed by atoms with Gasteiger partial charge in [-0.1, -0.05) is 11.6 Å². The molecule has 1 aliphatic carbocycles. The van der Waals surface area contributed by atoms with Crippen LogP contribution in [0, 0.1) is 0 Å². The van der Waals surface area contributed by atoms with Gasteiger partial charge in [0.1, 0.15) is 6.54 Å². The number of halogens is 5. The number of hydrogen-bond donors (Lipinski definition) is 0. The van der Waals surface area contributed by atoms with Gasteiger partial charge in [0, 0.05) is 16.1 Å². The summed E-state index contributed by atoms with van der Waals surface area (Å²) >= 11 is 8.95. The van der Waals surface area contributed by atoms with Crippen LogP contribution >= 0.6 is 27.5 Å². The molecule has 0 spiro atoms. The van der Waals surface area contributed by atoms with E-state index >= 15 is 0 Å². The molecule has 2 nitrogen and oxygen atoms in total. The second kappa shape index (κ2) is 5.32. The Morgan fingerprint density at radius 2 is 2.05 bits per heavy atom. The number of benzene rings is 1. The van der Waals surface area contributed by atoms with Gasteiger partial charge in [0.15, 0.2) is 0 Å². The van der Waals surface area contributed by atoms with Crippen molar-refractivity contribution in [2.75, 3.05) is 6.54 Å². The Labute approximate surface area is 121 Å². The Kier molecular flexibility index (Phi) is 4.11. The van der Waals surface area contributed by atoms with Crippen molar-refractivity contribution in [1.82, 2.24) is 4.90 Å². The van der Waals surface area contributed by atoms with Crippen LogP contribution in [0.3, 0.4) is 0 Å². The molecule has 1 aromatic carbocycles. The standard InChI is InChI=1S/C12H10BrClF3NO/c13-9-5-7(1-4-10(9)14)11(19)18(8-2-3-8)6-12(15,16)17/h1,4-5,8H,2-3,6H2. The third-order valence-electron chi connectivity index (χ3n) is 2.76. The van der Waals surface area contributed by atoms with Gasteiger partial charge in [-0.15, -0.1) is 0 Å². The molecule has 19 heavy (non-hydrogen) atoms. The van der Waals surface area contributed by atoms with Gasteiger partial charge in [0.2, 0.25) is 0 Å². The number of hydrogen-bond acceptors (Lipinski definition) is 1. The molecule has 0 aliphatic heterocycles. The van der Waals surface area contributed by atoms with Crippen LogP contribution in [-0.4, -0.2) is 29.6 Å². The number of nitrogens with zero attached hydrogens (tertiary/aromatic N) is 1. The SMILES string of the molecule is O=C(c1ccc(Cl)c(Br)c1)N(CC(F)(F)F)C1CC1. The average Bonchev–Trinajstić information content (AvgIpc) is 3.11. The van der Waals surface area contributed by atoms with Crippen LogP contribution in [0.5, 0.6) is 0 Å². The maximum absolute atomic E-state index is 12.5. The molecular weight excluding hydrogens is 346 g/mol. The van der Waals surface area contributed by atoms with Crippen molar-refractivity contribution in [1.29, 1.82) is 0 Å². The van der Waals surface area contributed by atoms with Gasteiger partial charge in [-0.05, 0) is 47.0 Å². The van der Waals surface area contributed by atoms with E-state index in [1.54, 1.807) is 0 Å². The van der Waals surface area contributed by atoms with Gasteiger partial charge in [0.05, 0.1) is 5.02 Å². The third kappa shape index (κ3) is 3.86. The molecule has 0 atom stereocenters. The van der Waals surface area contributed by atoms with Gasteiger partial charge in [-0.3, -0.25) is 4.79 Å². The summed E-state index contributed by atoms with van der Waals surface area (Å²) in [6.07, 6.45) is -3.14. The number of rotatable bonds is 3. The van der Waals surface area contributed by atoms with Crippen LogP contribution < -0.4 is 0 Å². The first-order chi connectivity index (χ1) is 8.78. The fraction of sp³-hybridized carbons (Fsp3) is 0.417. The minimum absolute atomic E-state index is 0.201. The molecule has 104 valence electrons. The van der Waals surface area contributed by atoms with Gasteiger partial charge in [-0.2, -0.15) is 13.2 Å². The Morgan fingerprint density at radius 1 is 1.42 bits per heavy atom. The first kappa shape index (κ1) is 14.7. The number of carbonyl (C=O) groups excluding carboxylic acids is 1. The second-order valence-corrected chi connectivity index (χ2v) is 5.67. The maximum atomic E-state index is 12.5. The molecule has 0 saturated heterocycles. The van der Waals surface area contributed by atoms with Gasteiger partial charge in [0.25, 0.3) is 5.91 Å². The lowest BCUT2D eigenvalue weighted by molar-refractivity contribution is -0.141. The van der Waals surface area contributed by atoms with Crippen molar-refractivity contribution in [2.45, 2.75) is 25.1 Å². The van der Waals surface area contributed by atoms with Crippen molar-refractivity contribution < 1.29 is 18.0 Å². The van der Waals surface area contributed by atoms with Crippen LogP contribution in [0.2, 0.25) is 5.02 Å². The summed E-state index contributed by atoms with van der Waals surface area (Å²) in [5.74, 6) is -0.614. The predicted molar refractivity (Wildman–Crippen MR) is 69.3 cm³/mol.